The van der Waals surface area contributed by atoms with E-state index in [-0.39, 0.29) is 12.0 Å². The van der Waals surface area contributed by atoms with Gasteiger partial charge in [0.05, 0.1) is 28.4 Å². The van der Waals surface area contributed by atoms with Crippen molar-refractivity contribution in [3.63, 3.8) is 0 Å². The van der Waals surface area contributed by atoms with Gasteiger partial charge in [0.2, 0.25) is 5.89 Å². The number of nitrogens with one attached hydrogen (secondary N) is 1. The Kier molecular flexibility index (Phi) is 6.63. The number of carbonyl (C=O) groups is 1. The fourth-order valence-electron chi connectivity index (χ4n) is 3.46. The lowest BCUT2D eigenvalue weighted by molar-refractivity contribution is 0.0858. The summed E-state index contributed by atoms with van der Waals surface area (Å²) in [6.07, 6.45) is 2.15. The maximum atomic E-state index is 12.7. The fourth-order valence-corrected chi connectivity index (χ4v) is 4.58. The van der Waals surface area contributed by atoms with E-state index in [0.717, 1.165) is 35.5 Å². The van der Waals surface area contributed by atoms with Gasteiger partial charge in [0.15, 0.2) is 0 Å². The molecule has 162 valence electrons. The molecule has 2 aromatic carbocycles. The molecule has 2 heterocycles. The molecule has 6 nitrogen and oxygen atoms in total. The van der Waals surface area contributed by atoms with Crippen molar-refractivity contribution in [1.29, 1.82) is 0 Å². The molecular formula is C24H26N2O4S. The second-order valence-corrected chi connectivity index (χ2v) is 9.20. The highest BCUT2D eigenvalue weighted by Gasteiger charge is 2.18. The van der Waals surface area contributed by atoms with Gasteiger partial charge in [0, 0.05) is 29.2 Å². The van der Waals surface area contributed by atoms with Gasteiger partial charge in [-0.2, -0.15) is 0 Å². The number of carbonyl (C=O) groups excluding carboxylic acids is 1. The van der Waals surface area contributed by atoms with Crippen LogP contribution >= 0.6 is 0 Å². The minimum Gasteiger partial charge on any atom is -0.441 e. The molecule has 1 aliphatic rings. The van der Waals surface area contributed by atoms with Gasteiger partial charge in [0.25, 0.3) is 5.91 Å². The van der Waals surface area contributed by atoms with E-state index in [1.165, 1.54) is 0 Å². The van der Waals surface area contributed by atoms with Crippen LogP contribution < -0.4 is 5.32 Å². The molecule has 3 aromatic rings. The second-order valence-electron chi connectivity index (χ2n) is 7.75. The number of ether oxygens (including phenoxy) is 1. The number of amides is 1. The Morgan fingerprint density at radius 3 is 2.55 bits per heavy atom. The summed E-state index contributed by atoms with van der Waals surface area (Å²) in [5, 5.41) is 2.92. The number of aromatic nitrogens is 1. The normalized spacial score (nSPS) is 16.9. The van der Waals surface area contributed by atoms with Crippen molar-refractivity contribution >= 4 is 16.7 Å². The van der Waals surface area contributed by atoms with Crippen LogP contribution in [0, 0.1) is 13.8 Å². The zero-order valence-electron chi connectivity index (χ0n) is 17.7. The molecule has 7 heteroatoms. The predicted octanol–water partition coefficient (Wildman–Crippen LogP) is 4.18. The summed E-state index contributed by atoms with van der Waals surface area (Å²) in [4.78, 5) is 17.7. The zero-order chi connectivity index (χ0) is 21.8. The van der Waals surface area contributed by atoms with Crippen molar-refractivity contribution in [1.82, 2.24) is 10.3 Å². The van der Waals surface area contributed by atoms with Crippen LogP contribution in [0.1, 0.15) is 40.2 Å². The second kappa shape index (κ2) is 9.58. The van der Waals surface area contributed by atoms with Crippen molar-refractivity contribution in [3.05, 3.63) is 71.1 Å². The van der Waals surface area contributed by atoms with Crippen LogP contribution in [0.15, 0.2) is 57.8 Å². The van der Waals surface area contributed by atoms with Crippen molar-refractivity contribution < 1.29 is 18.2 Å². The summed E-state index contributed by atoms with van der Waals surface area (Å²) < 4.78 is 24.0. The van der Waals surface area contributed by atoms with Gasteiger partial charge in [0.1, 0.15) is 5.76 Å². The molecule has 1 aliphatic heterocycles. The third-order valence-corrected chi connectivity index (χ3v) is 6.69. The van der Waals surface area contributed by atoms with Crippen LogP contribution in [0.25, 0.3) is 11.5 Å². The van der Waals surface area contributed by atoms with E-state index in [1.807, 2.05) is 50.2 Å². The molecule has 4 rings (SSSR count). The van der Waals surface area contributed by atoms with E-state index in [9.17, 15) is 9.00 Å². The van der Waals surface area contributed by atoms with E-state index < -0.39 is 10.8 Å². The highest BCUT2D eigenvalue weighted by atomic mass is 32.2. The number of hydrogen-bond donors (Lipinski definition) is 1. The number of oxazole rings is 1. The Balaban J connectivity index is 1.41. The lowest BCUT2D eigenvalue weighted by Gasteiger charge is -2.10. The van der Waals surface area contributed by atoms with Gasteiger partial charge in [-0.05, 0) is 63.1 Å². The predicted molar refractivity (Wildman–Crippen MR) is 119 cm³/mol. The SMILES string of the molecule is Cc1ccc([S@](=O)Cc2nc(-c3ccc(C(=O)NC[C@@H]4CCCO4)cc3)oc2C)cc1. The van der Waals surface area contributed by atoms with Gasteiger partial charge in [-0.1, -0.05) is 17.7 Å². The Bertz CT molecular complexity index is 1070. The van der Waals surface area contributed by atoms with Crippen LogP contribution in [0.5, 0.6) is 0 Å². The molecule has 1 saturated heterocycles. The molecule has 1 fully saturated rings. The van der Waals surface area contributed by atoms with Crippen molar-refractivity contribution in [2.75, 3.05) is 13.2 Å². The summed E-state index contributed by atoms with van der Waals surface area (Å²) >= 11 is 0. The Hall–Kier alpha value is -2.77. The standard InChI is InChI=1S/C24H26N2O4S/c1-16-5-11-21(12-6-16)31(28)15-22-17(2)30-24(26-22)19-9-7-18(8-10-19)23(27)25-14-20-4-3-13-29-20/h5-12,20H,3-4,13-15H2,1-2H3,(H,25,27)/t20-,31+/m0/s1. The Labute approximate surface area is 184 Å². The first-order chi connectivity index (χ1) is 15.0. The molecule has 0 spiro atoms. The molecule has 31 heavy (non-hydrogen) atoms. The first-order valence-electron chi connectivity index (χ1n) is 10.4. The molecular weight excluding hydrogens is 412 g/mol. The molecule has 1 aromatic heterocycles. The zero-order valence-corrected chi connectivity index (χ0v) is 18.5. The van der Waals surface area contributed by atoms with E-state index in [1.54, 1.807) is 12.1 Å². The van der Waals surface area contributed by atoms with Crippen molar-refractivity contribution in [3.8, 4) is 11.5 Å². The third kappa shape index (κ3) is 5.29. The third-order valence-electron chi connectivity index (χ3n) is 5.35. The van der Waals surface area contributed by atoms with Crippen molar-refractivity contribution in [2.24, 2.45) is 0 Å². The number of nitrogens with zero attached hydrogens (tertiary/aromatic N) is 1. The van der Waals surface area contributed by atoms with Gasteiger partial charge in [-0.15, -0.1) is 0 Å². The molecule has 2 atom stereocenters. The van der Waals surface area contributed by atoms with E-state index in [4.69, 9.17) is 9.15 Å². The maximum absolute atomic E-state index is 12.7. The quantitative estimate of drug-likeness (QED) is 0.599. The molecule has 1 amide bonds. The summed E-state index contributed by atoms with van der Waals surface area (Å²) in [6.45, 7) is 5.12. The van der Waals surface area contributed by atoms with Crippen LogP contribution in [-0.4, -0.2) is 34.4 Å². The fraction of sp³-hybridized carbons (Fsp3) is 0.333. The van der Waals surface area contributed by atoms with Gasteiger partial charge in [-0.25, -0.2) is 4.98 Å². The van der Waals surface area contributed by atoms with Crippen LogP contribution in [0.3, 0.4) is 0 Å². The van der Waals surface area contributed by atoms with E-state index >= 15 is 0 Å². The summed E-state index contributed by atoms with van der Waals surface area (Å²) in [7, 11) is -1.20. The molecule has 0 aliphatic carbocycles. The minimum absolute atomic E-state index is 0.113. The van der Waals surface area contributed by atoms with Gasteiger partial charge >= 0.3 is 0 Å². The van der Waals surface area contributed by atoms with Crippen LogP contribution in [0.2, 0.25) is 0 Å². The number of hydrogen-bond acceptors (Lipinski definition) is 5. The highest BCUT2D eigenvalue weighted by Crippen LogP contribution is 2.24. The summed E-state index contributed by atoms with van der Waals surface area (Å²) in [5.74, 6) is 1.27. The topological polar surface area (TPSA) is 81.4 Å². The van der Waals surface area contributed by atoms with Crippen molar-refractivity contribution in [2.45, 2.75) is 43.4 Å². The van der Waals surface area contributed by atoms with Crippen LogP contribution in [-0.2, 0) is 21.3 Å². The first-order valence-corrected chi connectivity index (χ1v) is 11.7. The number of aryl methyl sites for hydroxylation is 2. The molecule has 0 radical (unpaired) electrons. The highest BCUT2D eigenvalue weighted by molar-refractivity contribution is 7.84. The minimum atomic E-state index is -1.20. The largest absolute Gasteiger partial charge is 0.441 e. The van der Waals surface area contributed by atoms with Gasteiger partial charge < -0.3 is 14.5 Å². The average molecular weight is 439 g/mol. The Morgan fingerprint density at radius 1 is 1.13 bits per heavy atom. The average Bonchev–Trinajstić information content (AvgIpc) is 3.42. The van der Waals surface area contributed by atoms with E-state index in [2.05, 4.69) is 10.3 Å². The molecule has 0 saturated carbocycles. The van der Waals surface area contributed by atoms with Gasteiger partial charge in [-0.3, -0.25) is 9.00 Å². The first kappa shape index (κ1) is 21.5. The van der Waals surface area contributed by atoms with E-state index in [0.29, 0.717) is 35.2 Å². The molecule has 0 bridgehead atoms. The monoisotopic (exact) mass is 438 g/mol. The maximum Gasteiger partial charge on any atom is 0.251 e. The lowest BCUT2D eigenvalue weighted by Crippen LogP contribution is -2.31. The lowest BCUT2D eigenvalue weighted by atomic mass is 10.1. The van der Waals surface area contributed by atoms with Crippen LogP contribution in [0.4, 0.5) is 0 Å². The summed E-state index contributed by atoms with van der Waals surface area (Å²) in [5.41, 5.74) is 3.15. The molecule has 0 unspecified atom stereocenters. The number of benzene rings is 2. The number of rotatable bonds is 7. The smallest absolute Gasteiger partial charge is 0.251 e. The Morgan fingerprint density at radius 2 is 1.87 bits per heavy atom. The summed E-state index contributed by atoms with van der Waals surface area (Å²) in [6, 6.07) is 14.8. The molecule has 1 N–H and O–H groups in total.